The van der Waals surface area contributed by atoms with Gasteiger partial charge in [-0.2, -0.15) is 4.31 Å². The summed E-state index contributed by atoms with van der Waals surface area (Å²) in [5, 5.41) is 0. The molecule has 0 spiro atoms. The fourth-order valence-electron chi connectivity index (χ4n) is 1.19. The quantitative estimate of drug-likeness (QED) is 0.178. The zero-order valence-corrected chi connectivity index (χ0v) is 12.9. The Morgan fingerprint density at radius 2 is 1.76 bits per heavy atom. The molecular weight excluding hydrogens is 330 g/mol. The van der Waals surface area contributed by atoms with Crippen LogP contribution in [0.3, 0.4) is 0 Å². The van der Waals surface area contributed by atoms with E-state index in [9.17, 15) is 13.9 Å². The van der Waals surface area contributed by atoms with E-state index < -0.39 is 40.9 Å². The van der Waals surface area contributed by atoms with E-state index in [1.54, 1.807) is 0 Å². The highest BCUT2D eigenvalue weighted by molar-refractivity contribution is 7.60. The molecule has 0 saturated carbocycles. The molecule has 0 aromatic heterocycles. The van der Waals surface area contributed by atoms with Crippen LogP contribution < -0.4 is 11.5 Å². The minimum absolute atomic E-state index is 0.386. The molecular formula is C8H20N2O9P2. The number of esters is 1. The van der Waals surface area contributed by atoms with Crippen molar-refractivity contribution in [1.29, 1.82) is 0 Å². The van der Waals surface area contributed by atoms with Gasteiger partial charge in [-0.3, -0.25) is 9.32 Å². The number of carbonyl (C=O) groups excluding carboxylic acids is 1. The topological polar surface area (TPSA) is 192 Å². The first kappa shape index (κ1) is 20.6. The van der Waals surface area contributed by atoms with Crippen molar-refractivity contribution in [3.63, 3.8) is 0 Å². The molecule has 11 nitrogen and oxygen atoms in total. The standard InChI is InChI=1S/C8H20N2O9P2/c9-4-2-1-3-7(10)8(11)17-5-6-18-21(15,16)19-20(12,13)14/h7H,1-6,9-10H2,(H,15,16)(H2,12,13,14)/t7-/m0/s1. The fourth-order valence-corrected chi connectivity index (χ4v) is 2.76. The second-order valence-corrected chi connectivity index (χ2v) is 6.76. The van der Waals surface area contributed by atoms with E-state index in [0.717, 1.165) is 6.42 Å². The maximum Gasteiger partial charge on any atom is 0.481 e. The lowest BCUT2D eigenvalue weighted by molar-refractivity contribution is -0.146. The molecule has 0 aliphatic rings. The van der Waals surface area contributed by atoms with Crippen molar-refractivity contribution < 1.29 is 42.2 Å². The van der Waals surface area contributed by atoms with Crippen molar-refractivity contribution in [2.24, 2.45) is 11.5 Å². The zero-order valence-electron chi connectivity index (χ0n) is 11.2. The van der Waals surface area contributed by atoms with Gasteiger partial charge in [0.15, 0.2) is 0 Å². The van der Waals surface area contributed by atoms with Crippen LogP contribution in [0.15, 0.2) is 0 Å². The Morgan fingerprint density at radius 3 is 2.29 bits per heavy atom. The molecule has 0 heterocycles. The monoisotopic (exact) mass is 350 g/mol. The summed E-state index contributed by atoms with van der Waals surface area (Å²) in [4.78, 5) is 37.0. The van der Waals surface area contributed by atoms with Crippen LogP contribution in [0, 0.1) is 0 Å². The minimum Gasteiger partial charge on any atom is -0.462 e. The van der Waals surface area contributed by atoms with Crippen molar-refractivity contribution in [3.05, 3.63) is 0 Å². The molecule has 0 radical (unpaired) electrons. The van der Waals surface area contributed by atoms with E-state index in [2.05, 4.69) is 13.6 Å². The highest BCUT2D eigenvalue weighted by Crippen LogP contribution is 2.57. The summed E-state index contributed by atoms with van der Waals surface area (Å²) in [5.74, 6) is -0.723. The first-order valence-electron chi connectivity index (χ1n) is 5.94. The largest absolute Gasteiger partial charge is 0.481 e. The van der Waals surface area contributed by atoms with Gasteiger partial charge in [0.2, 0.25) is 0 Å². The van der Waals surface area contributed by atoms with Gasteiger partial charge in [0.05, 0.1) is 6.61 Å². The number of nitrogens with two attached hydrogens (primary N) is 2. The van der Waals surface area contributed by atoms with Crippen LogP contribution in [-0.2, 0) is 27.5 Å². The lowest BCUT2D eigenvalue weighted by atomic mass is 10.1. The van der Waals surface area contributed by atoms with E-state index in [-0.39, 0.29) is 0 Å². The first-order chi connectivity index (χ1) is 9.57. The van der Waals surface area contributed by atoms with Crippen LogP contribution in [0.5, 0.6) is 0 Å². The summed E-state index contributed by atoms with van der Waals surface area (Å²) in [5.41, 5.74) is 10.8. The predicted molar refractivity (Wildman–Crippen MR) is 70.7 cm³/mol. The number of phosphoric ester groups is 1. The molecule has 7 N–H and O–H groups in total. The van der Waals surface area contributed by atoms with Crippen LogP contribution in [0.4, 0.5) is 0 Å². The zero-order chi connectivity index (χ0) is 16.5. The van der Waals surface area contributed by atoms with Crippen LogP contribution in [0.25, 0.3) is 0 Å². The second-order valence-electron chi connectivity index (χ2n) is 3.93. The van der Waals surface area contributed by atoms with Crippen LogP contribution in [0.2, 0.25) is 0 Å². The van der Waals surface area contributed by atoms with E-state index in [4.69, 9.17) is 26.1 Å². The third-order valence-electron chi connectivity index (χ3n) is 2.06. The van der Waals surface area contributed by atoms with E-state index in [1.165, 1.54) is 0 Å². The van der Waals surface area contributed by atoms with Crippen LogP contribution in [-0.4, -0.2) is 46.4 Å². The van der Waals surface area contributed by atoms with Gasteiger partial charge in [-0.15, -0.1) is 0 Å². The molecule has 2 atom stereocenters. The SMILES string of the molecule is NCCCC[C@H](N)C(=O)OCCOP(=O)(O)OP(=O)(O)O. The molecule has 126 valence electrons. The summed E-state index contributed by atoms with van der Waals surface area (Å²) in [6.45, 7) is -0.519. The van der Waals surface area contributed by atoms with Gasteiger partial charge in [-0.05, 0) is 19.4 Å². The third kappa shape index (κ3) is 11.9. The molecule has 0 aliphatic carbocycles. The van der Waals surface area contributed by atoms with Gasteiger partial charge in [-0.1, -0.05) is 6.42 Å². The molecule has 0 aliphatic heterocycles. The molecule has 0 aromatic rings. The normalized spacial score (nSPS) is 16.2. The Hall–Kier alpha value is -0.350. The molecule has 21 heavy (non-hydrogen) atoms. The molecule has 1 unspecified atom stereocenters. The lowest BCUT2D eigenvalue weighted by Gasteiger charge is -2.13. The number of hydrogen-bond acceptors (Lipinski definition) is 8. The molecule has 0 rings (SSSR count). The maximum absolute atomic E-state index is 11.4. The van der Waals surface area contributed by atoms with Gasteiger partial charge in [0.25, 0.3) is 0 Å². The summed E-state index contributed by atoms with van der Waals surface area (Å²) in [6.07, 6.45) is 1.76. The van der Waals surface area contributed by atoms with Crippen molar-refractivity contribution in [2.75, 3.05) is 19.8 Å². The molecule has 13 heteroatoms. The number of rotatable bonds is 11. The van der Waals surface area contributed by atoms with Crippen molar-refractivity contribution in [3.8, 4) is 0 Å². The Balaban J connectivity index is 3.91. The summed E-state index contributed by atoms with van der Waals surface area (Å²) in [7, 11) is -10.1. The summed E-state index contributed by atoms with van der Waals surface area (Å²) < 4.78 is 33.8. The Labute approximate surface area is 121 Å². The number of hydrogen-bond donors (Lipinski definition) is 5. The van der Waals surface area contributed by atoms with Crippen LogP contribution >= 0.6 is 15.6 Å². The molecule has 0 fully saturated rings. The smallest absolute Gasteiger partial charge is 0.462 e. The Morgan fingerprint density at radius 1 is 1.14 bits per heavy atom. The minimum atomic E-state index is -5.16. The average molecular weight is 350 g/mol. The van der Waals surface area contributed by atoms with Crippen LogP contribution in [0.1, 0.15) is 19.3 Å². The second kappa shape index (κ2) is 9.62. The Bertz CT molecular complexity index is 413. The average Bonchev–Trinajstić information content (AvgIpc) is 2.31. The van der Waals surface area contributed by atoms with Crippen molar-refractivity contribution in [2.45, 2.75) is 25.3 Å². The fraction of sp³-hybridized carbons (Fsp3) is 0.875. The van der Waals surface area contributed by atoms with E-state index in [1.807, 2.05) is 0 Å². The number of phosphoric acid groups is 2. The first-order valence-corrected chi connectivity index (χ1v) is 8.96. The summed E-state index contributed by atoms with van der Waals surface area (Å²) in [6, 6.07) is -0.844. The van der Waals surface area contributed by atoms with Gasteiger partial charge in [0.1, 0.15) is 12.6 Å². The maximum atomic E-state index is 11.4. The summed E-state index contributed by atoms with van der Waals surface area (Å²) >= 11 is 0. The highest BCUT2D eigenvalue weighted by atomic mass is 31.3. The van der Waals surface area contributed by atoms with Gasteiger partial charge in [0, 0.05) is 0 Å². The van der Waals surface area contributed by atoms with Gasteiger partial charge < -0.3 is 30.9 Å². The number of carbonyl (C=O) groups is 1. The van der Waals surface area contributed by atoms with Crippen molar-refractivity contribution >= 4 is 21.6 Å². The number of ether oxygens (including phenoxy) is 1. The molecule has 0 saturated heterocycles. The van der Waals surface area contributed by atoms with Crippen molar-refractivity contribution in [1.82, 2.24) is 0 Å². The number of unbranched alkanes of at least 4 members (excludes halogenated alkanes) is 1. The molecule has 0 aromatic carbocycles. The highest BCUT2D eigenvalue weighted by Gasteiger charge is 2.32. The predicted octanol–water partition coefficient (Wildman–Crippen LogP) is -0.788. The lowest BCUT2D eigenvalue weighted by Crippen LogP contribution is -2.33. The van der Waals surface area contributed by atoms with E-state index in [0.29, 0.717) is 19.4 Å². The molecule has 0 bridgehead atoms. The Kier molecular flexibility index (Phi) is 9.46. The third-order valence-corrected chi connectivity index (χ3v) is 4.25. The van der Waals surface area contributed by atoms with Gasteiger partial charge >= 0.3 is 21.6 Å². The van der Waals surface area contributed by atoms with Gasteiger partial charge in [-0.25, -0.2) is 9.13 Å². The molecule has 0 amide bonds. The van der Waals surface area contributed by atoms with E-state index >= 15 is 0 Å².